The summed E-state index contributed by atoms with van der Waals surface area (Å²) in [5, 5.41) is 9.13. The highest BCUT2D eigenvalue weighted by atomic mass is 16.4. The Morgan fingerprint density at radius 2 is 1.94 bits per heavy atom. The summed E-state index contributed by atoms with van der Waals surface area (Å²) >= 11 is 0. The number of carboxylic acids is 1. The summed E-state index contributed by atoms with van der Waals surface area (Å²) < 4.78 is 0. The van der Waals surface area contributed by atoms with Crippen molar-refractivity contribution in [3.63, 3.8) is 0 Å². The minimum Gasteiger partial charge on any atom is -0.481 e. The minimum absolute atomic E-state index is 0.0741. The number of rotatable bonds is 3. The molecular formula is C13H21NO3. The summed E-state index contributed by atoms with van der Waals surface area (Å²) in [6, 6.07) is -0.157. The second-order valence-corrected chi connectivity index (χ2v) is 5.49. The van der Waals surface area contributed by atoms with E-state index in [9.17, 15) is 9.59 Å². The zero-order valence-corrected chi connectivity index (χ0v) is 10.6. The zero-order chi connectivity index (χ0) is 12.6. The first-order valence-electron chi connectivity index (χ1n) is 6.55. The first-order valence-corrected chi connectivity index (χ1v) is 6.55. The van der Waals surface area contributed by atoms with Crippen molar-refractivity contribution in [3.05, 3.63) is 0 Å². The predicted molar refractivity (Wildman–Crippen MR) is 63.4 cm³/mol. The summed E-state index contributed by atoms with van der Waals surface area (Å²) in [5.74, 6) is -0.385. The molecule has 2 rings (SSSR count). The van der Waals surface area contributed by atoms with E-state index in [1.807, 2.05) is 13.8 Å². The Kier molecular flexibility index (Phi) is 3.40. The van der Waals surface area contributed by atoms with Crippen molar-refractivity contribution < 1.29 is 14.7 Å². The maximum Gasteiger partial charge on any atom is 0.308 e. The molecule has 0 aromatic carbocycles. The van der Waals surface area contributed by atoms with Gasteiger partial charge in [0.25, 0.3) is 0 Å². The molecule has 0 aromatic heterocycles. The molecule has 1 saturated heterocycles. The highest BCUT2D eigenvalue weighted by Gasteiger charge is 2.40. The summed E-state index contributed by atoms with van der Waals surface area (Å²) in [4.78, 5) is 25.2. The van der Waals surface area contributed by atoms with Crippen molar-refractivity contribution in [1.82, 2.24) is 4.90 Å². The van der Waals surface area contributed by atoms with E-state index >= 15 is 0 Å². The van der Waals surface area contributed by atoms with Gasteiger partial charge >= 0.3 is 5.97 Å². The number of likely N-dealkylation sites (tertiary alicyclic amines) is 1. The Labute approximate surface area is 102 Å². The fourth-order valence-electron chi connectivity index (χ4n) is 2.84. The Bertz CT molecular complexity index is 325. The molecule has 1 amide bonds. The van der Waals surface area contributed by atoms with Crippen LogP contribution in [0.4, 0.5) is 0 Å². The van der Waals surface area contributed by atoms with Crippen molar-refractivity contribution in [2.24, 2.45) is 17.8 Å². The lowest BCUT2D eigenvalue weighted by molar-refractivity contribution is -0.150. The number of amides is 1. The number of nitrogens with zero attached hydrogens (tertiary/aromatic N) is 1. The van der Waals surface area contributed by atoms with E-state index in [0.717, 1.165) is 25.8 Å². The quantitative estimate of drug-likeness (QED) is 0.816. The Morgan fingerprint density at radius 1 is 1.29 bits per heavy atom. The summed E-state index contributed by atoms with van der Waals surface area (Å²) in [7, 11) is 0. The monoisotopic (exact) mass is 239 g/mol. The van der Waals surface area contributed by atoms with Crippen molar-refractivity contribution in [2.75, 3.05) is 6.54 Å². The number of carbonyl (C=O) groups excluding carboxylic acids is 1. The number of carbonyl (C=O) groups is 2. The number of hydrogen-bond donors (Lipinski definition) is 1. The lowest BCUT2D eigenvalue weighted by Gasteiger charge is -2.39. The largest absolute Gasteiger partial charge is 0.481 e. The molecule has 0 radical (unpaired) electrons. The maximum absolute atomic E-state index is 12.3. The average molecular weight is 239 g/mol. The van der Waals surface area contributed by atoms with Gasteiger partial charge in [-0.25, -0.2) is 0 Å². The Balaban J connectivity index is 2.03. The smallest absolute Gasteiger partial charge is 0.308 e. The van der Waals surface area contributed by atoms with Crippen LogP contribution in [0.15, 0.2) is 0 Å². The van der Waals surface area contributed by atoms with Crippen LogP contribution in [0.1, 0.15) is 39.5 Å². The number of hydrogen-bond acceptors (Lipinski definition) is 2. The van der Waals surface area contributed by atoms with Crippen molar-refractivity contribution in [2.45, 2.75) is 45.6 Å². The molecule has 17 heavy (non-hydrogen) atoms. The molecule has 96 valence electrons. The van der Waals surface area contributed by atoms with Crippen LogP contribution in [0.2, 0.25) is 0 Å². The molecule has 1 unspecified atom stereocenters. The van der Waals surface area contributed by atoms with Gasteiger partial charge in [0.2, 0.25) is 5.91 Å². The molecule has 4 heteroatoms. The van der Waals surface area contributed by atoms with Crippen molar-refractivity contribution in [3.8, 4) is 0 Å². The normalized spacial score (nSPS) is 31.1. The van der Waals surface area contributed by atoms with Crippen LogP contribution in [0.3, 0.4) is 0 Å². The van der Waals surface area contributed by atoms with E-state index in [0.29, 0.717) is 12.3 Å². The molecular weight excluding hydrogens is 218 g/mol. The van der Waals surface area contributed by atoms with Crippen LogP contribution in [0.5, 0.6) is 0 Å². The third-order valence-corrected chi connectivity index (χ3v) is 4.31. The molecule has 1 saturated carbocycles. The molecule has 3 atom stereocenters. The first kappa shape index (κ1) is 12.4. The third kappa shape index (κ3) is 2.45. The Hall–Kier alpha value is -1.06. The van der Waals surface area contributed by atoms with Crippen molar-refractivity contribution in [1.29, 1.82) is 0 Å². The lowest BCUT2D eigenvalue weighted by atomic mass is 9.89. The van der Waals surface area contributed by atoms with Gasteiger partial charge in [-0.2, -0.15) is 0 Å². The molecule has 1 aliphatic carbocycles. The number of carboxylic acid groups (broad SMARTS) is 1. The van der Waals surface area contributed by atoms with Gasteiger partial charge in [-0.15, -0.1) is 0 Å². The maximum atomic E-state index is 12.3. The summed E-state index contributed by atoms with van der Waals surface area (Å²) in [6.45, 7) is 4.58. The van der Waals surface area contributed by atoms with E-state index in [1.54, 1.807) is 4.90 Å². The van der Waals surface area contributed by atoms with Gasteiger partial charge in [0.15, 0.2) is 0 Å². The molecule has 4 nitrogen and oxygen atoms in total. The highest BCUT2D eigenvalue weighted by molar-refractivity contribution is 5.81. The second kappa shape index (κ2) is 4.67. The van der Waals surface area contributed by atoms with Crippen LogP contribution in [0, 0.1) is 17.8 Å². The third-order valence-electron chi connectivity index (χ3n) is 4.31. The van der Waals surface area contributed by atoms with E-state index in [-0.39, 0.29) is 23.8 Å². The molecule has 1 aliphatic heterocycles. The molecule has 0 bridgehead atoms. The van der Waals surface area contributed by atoms with Crippen LogP contribution in [0.25, 0.3) is 0 Å². The van der Waals surface area contributed by atoms with Crippen LogP contribution < -0.4 is 0 Å². The number of aliphatic carboxylic acids is 1. The van der Waals surface area contributed by atoms with Gasteiger partial charge < -0.3 is 10.0 Å². The SMILES string of the molecule is CC(C(=O)N1CCC[C@H](C(=O)O)[C@@H]1C)C1CC1. The summed E-state index contributed by atoms with van der Waals surface area (Å²) in [5.41, 5.74) is 0. The zero-order valence-electron chi connectivity index (χ0n) is 10.6. The topological polar surface area (TPSA) is 57.6 Å². The standard InChI is InChI=1S/C13H21NO3/c1-8(10-5-6-10)12(15)14-7-3-4-11(9(14)2)13(16)17/h8-11H,3-7H2,1-2H3,(H,16,17)/t8?,9-,11-/m0/s1. The van der Waals surface area contributed by atoms with Gasteiger partial charge in [-0.3, -0.25) is 9.59 Å². The van der Waals surface area contributed by atoms with Crippen LogP contribution in [-0.2, 0) is 9.59 Å². The molecule has 2 aliphatic rings. The van der Waals surface area contributed by atoms with E-state index < -0.39 is 5.97 Å². The van der Waals surface area contributed by atoms with Crippen LogP contribution in [-0.4, -0.2) is 34.5 Å². The predicted octanol–water partition coefficient (Wildman–Crippen LogP) is 1.74. The molecule has 1 heterocycles. The Morgan fingerprint density at radius 3 is 2.47 bits per heavy atom. The van der Waals surface area contributed by atoms with E-state index in [2.05, 4.69) is 0 Å². The van der Waals surface area contributed by atoms with Gasteiger partial charge in [-0.1, -0.05) is 6.92 Å². The van der Waals surface area contributed by atoms with E-state index in [1.165, 1.54) is 0 Å². The van der Waals surface area contributed by atoms with Gasteiger partial charge in [-0.05, 0) is 38.5 Å². The minimum atomic E-state index is -0.769. The highest BCUT2D eigenvalue weighted by Crippen LogP contribution is 2.38. The molecule has 0 spiro atoms. The molecule has 1 N–H and O–H groups in total. The molecule has 0 aromatic rings. The van der Waals surface area contributed by atoms with Gasteiger partial charge in [0.05, 0.1) is 5.92 Å². The summed E-state index contributed by atoms with van der Waals surface area (Å²) in [6.07, 6.45) is 3.80. The first-order chi connectivity index (χ1) is 8.02. The lowest BCUT2D eigenvalue weighted by Crippen LogP contribution is -2.50. The van der Waals surface area contributed by atoms with E-state index in [4.69, 9.17) is 5.11 Å². The van der Waals surface area contributed by atoms with Crippen LogP contribution >= 0.6 is 0 Å². The number of piperidine rings is 1. The fraction of sp³-hybridized carbons (Fsp3) is 0.846. The second-order valence-electron chi connectivity index (χ2n) is 5.49. The van der Waals surface area contributed by atoms with Crippen molar-refractivity contribution >= 4 is 11.9 Å². The van der Waals surface area contributed by atoms with Gasteiger partial charge in [0, 0.05) is 18.5 Å². The fourth-order valence-corrected chi connectivity index (χ4v) is 2.84. The molecule has 2 fully saturated rings. The van der Waals surface area contributed by atoms with Gasteiger partial charge in [0.1, 0.15) is 0 Å². The average Bonchev–Trinajstić information content (AvgIpc) is 3.11.